The monoisotopic (exact) mass is 299 g/mol. The fraction of sp³-hybridized carbons (Fsp3) is 0.462. The molecule has 0 bridgehead atoms. The molecule has 1 rings (SSSR count). The van der Waals surface area contributed by atoms with Crippen molar-refractivity contribution in [1.29, 1.82) is 0 Å². The van der Waals surface area contributed by atoms with Gasteiger partial charge in [-0.3, -0.25) is 4.79 Å². The van der Waals surface area contributed by atoms with Gasteiger partial charge in [0.2, 0.25) is 5.91 Å². The van der Waals surface area contributed by atoms with Crippen LogP contribution in [-0.2, 0) is 11.2 Å². The molecule has 0 aliphatic rings. The van der Waals surface area contributed by atoms with Gasteiger partial charge >= 0.3 is 0 Å². The van der Waals surface area contributed by atoms with Crippen LogP contribution in [0, 0.1) is 0 Å². The third-order valence-electron chi connectivity index (χ3n) is 2.42. The lowest BCUT2D eigenvalue weighted by Gasteiger charge is -2.22. The van der Waals surface area contributed by atoms with Crippen LogP contribution in [0.4, 0.5) is 0 Å². The molecule has 0 aliphatic heterocycles. The highest BCUT2D eigenvalue weighted by Gasteiger charge is 2.25. The van der Waals surface area contributed by atoms with Gasteiger partial charge in [-0.2, -0.15) is 0 Å². The van der Waals surface area contributed by atoms with E-state index in [4.69, 9.17) is 0 Å². The van der Waals surface area contributed by atoms with Gasteiger partial charge in [0.15, 0.2) is 0 Å². The zero-order valence-corrected chi connectivity index (χ0v) is 11.7. The summed E-state index contributed by atoms with van der Waals surface area (Å²) in [6.45, 7) is 3.49. The van der Waals surface area contributed by atoms with Gasteiger partial charge in [0, 0.05) is 0 Å². The molecule has 1 atom stereocenters. The van der Waals surface area contributed by atoms with Gasteiger partial charge in [0.25, 0.3) is 0 Å². The second-order valence-electron chi connectivity index (χ2n) is 4.52. The molecule has 3 nitrogen and oxygen atoms in total. The molecule has 4 heteroatoms. The Hall–Kier alpha value is -0.870. The predicted octanol–water partition coefficient (Wildman–Crippen LogP) is 1.88. The van der Waals surface area contributed by atoms with Crippen molar-refractivity contribution in [3.63, 3.8) is 0 Å². The van der Waals surface area contributed by atoms with E-state index in [-0.39, 0.29) is 18.6 Å². The van der Waals surface area contributed by atoms with E-state index >= 15 is 0 Å². The fourth-order valence-electron chi connectivity index (χ4n) is 1.42. The van der Waals surface area contributed by atoms with Crippen LogP contribution in [0.5, 0.6) is 0 Å². The number of nitrogens with one attached hydrogen (secondary N) is 1. The highest BCUT2D eigenvalue weighted by molar-refractivity contribution is 9.10. The van der Waals surface area contributed by atoms with Gasteiger partial charge in [0.1, 0.15) is 0 Å². The first kappa shape index (κ1) is 14.2. The molecule has 0 saturated carbocycles. The van der Waals surface area contributed by atoms with Gasteiger partial charge in [0.05, 0.1) is 17.0 Å². The molecule has 0 spiro atoms. The Morgan fingerprint density at radius 1 is 1.41 bits per heavy atom. The summed E-state index contributed by atoms with van der Waals surface area (Å²) in [7, 11) is 0. The molecule has 17 heavy (non-hydrogen) atoms. The van der Waals surface area contributed by atoms with Gasteiger partial charge in [-0.05, 0) is 25.8 Å². The lowest BCUT2D eigenvalue weighted by Crippen LogP contribution is -2.46. The smallest absolute Gasteiger partial charge is 0.236 e. The zero-order valence-electron chi connectivity index (χ0n) is 10.1. The number of rotatable bonds is 5. The van der Waals surface area contributed by atoms with E-state index in [0.29, 0.717) is 6.42 Å². The highest BCUT2D eigenvalue weighted by atomic mass is 79.9. The largest absolute Gasteiger partial charge is 0.394 e. The van der Waals surface area contributed by atoms with Gasteiger partial charge in [-0.1, -0.05) is 46.3 Å². The van der Waals surface area contributed by atoms with Crippen LogP contribution in [-0.4, -0.2) is 28.0 Å². The summed E-state index contributed by atoms with van der Waals surface area (Å²) in [5, 5.41) is 12.1. The molecule has 2 N–H and O–H groups in total. The first-order chi connectivity index (χ1) is 7.93. The van der Waals surface area contributed by atoms with Crippen molar-refractivity contribution in [3.05, 3.63) is 35.9 Å². The van der Waals surface area contributed by atoms with Gasteiger partial charge in [-0.25, -0.2) is 0 Å². The molecule has 0 radical (unpaired) electrons. The quantitative estimate of drug-likeness (QED) is 0.816. The first-order valence-corrected chi connectivity index (χ1v) is 6.37. The third-order valence-corrected chi connectivity index (χ3v) is 2.78. The van der Waals surface area contributed by atoms with Crippen LogP contribution in [0.25, 0.3) is 0 Å². The fourth-order valence-corrected chi connectivity index (χ4v) is 1.53. The highest BCUT2D eigenvalue weighted by Crippen LogP contribution is 2.16. The van der Waals surface area contributed by atoms with Crippen LogP contribution >= 0.6 is 15.9 Å². The molecule has 0 fully saturated rings. The van der Waals surface area contributed by atoms with Crippen LogP contribution in [0.1, 0.15) is 19.4 Å². The van der Waals surface area contributed by atoms with Crippen molar-refractivity contribution in [2.75, 3.05) is 6.61 Å². The van der Waals surface area contributed by atoms with Crippen molar-refractivity contribution in [1.82, 2.24) is 5.32 Å². The number of aliphatic hydroxyl groups is 1. The maximum atomic E-state index is 11.8. The molecule has 0 aromatic heterocycles. The van der Waals surface area contributed by atoms with Gasteiger partial charge in [-0.15, -0.1) is 0 Å². The standard InChI is InChI=1S/C13H18BrNO2/c1-13(2,14)12(17)15-11(9-16)8-10-6-4-3-5-7-10/h3-7,11,16H,8-9H2,1-2H3,(H,15,17). The second kappa shape index (κ2) is 6.17. The molecule has 0 aliphatic carbocycles. The minimum absolute atomic E-state index is 0.0658. The molecule has 1 amide bonds. The molecule has 1 unspecified atom stereocenters. The third kappa shape index (κ3) is 4.88. The Balaban J connectivity index is 2.59. The topological polar surface area (TPSA) is 49.3 Å². The molecule has 0 saturated heterocycles. The maximum Gasteiger partial charge on any atom is 0.236 e. The number of benzene rings is 1. The summed E-state index contributed by atoms with van der Waals surface area (Å²) in [5.41, 5.74) is 1.10. The van der Waals surface area contributed by atoms with E-state index in [0.717, 1.165) is 5.56 Å². The Bertz CT molecular complexity index is 359. The van der Waals surface area contributed by atoms with Crippen LogP contribution in [0.2, 0.25) is 0 Å². The number of carbonyl (C=O) groups excluding carboxylic acids is 1. The summed E-state index contributed by atoms with van der Waals surface area (Å²) in [6.07, 6.45) is 0.631. The molecular weight excluding hydrogens is 282 g/mol. The summed E-state index contributed by atoms with van der Waals surface area (Å²) in [4.78, 5) is 11.8. The first-order valence-electron chi connectivity index (χ1n) is 5.58. The van der Waals surface area contributed by atoms with Crippen LogP contribution in [0.15, 0.2) is 30.3 Å². The summed E-state index contributed by atoms with van der Waals surface area (Å²) in [6, 6.07) is 9.54. The number of amides is 1. The average molecular weight is 300 g/mol. The number of alkyl halides is 1. The van der Waals surface area contributed by atoms with E-state index in [1.165, 1.54) is 0 Å². The van der Waals surface area contributed by atoms with E-state index < -0.39 is 4.32 Å². The summed E-state index contributed by atoms with van der Waals surface area (Å²) < 4.78 is -0.614. The average Bonchev–Trinajstić information content (AvgIpc) is 2.28. The van der Waals surface area contributed by atoms with Crippen molar-refractivity contribution in [2.45, 2.75) is 30.6 Å². The normalized spacial score (nSPS) is 13.2. The molecular formula is C13H18BrNO2. The summed E-state index contributed by atoms with van der Waals surface area (Å²) >= 11 is 3.29. The number of aliphatic hydroxyl groups excluding tert-OH is 1. The van der Waals surface area contributed by atoms with Crippen LogP contribution < -0.4 is 5.32 Å². The van der Waals surface area contributed by atoms with E-state index in [2.05, 4.69) is 21.2 Å². The lowest BCUT2D eigenvalue weighted by atomic mass is 10.1. The molecule has 0 heterocycles. The minimum atomic E-state index is -0.614. The Morgan fingerprint density at radius 2 is 2.00 bits per heavy atom. The van der Waals surface area contributed by atoms with Crippen LogP contribution in [0.3, 0.4) is 0 Å². The Kier molecular flexibility index (Phi) is 5.15. The molecule has 1 aromatic rings. The van der Waals surface area contributed by atoms with E-state index in [9.17, 15) is 9.90 Å². The molecule has 94 valence electrons. The van der Waals surface area contributed by atoms with Crippen molar-refractivity contribution < 1.29 is 9.90 Å². The van der Waals surface area contributed by atoms with Gasteiger partial charge < -0.3 is 10.4 Å². The SMILES string of the molecule is CC(C)(Br)C(=O)NC(CO)Cc1ccccc1. The van der Waals surface area contributed by atoms with Crippen molar-refractivity contribution in [2.24, 2.45) is 0 Å². The Morgan fingerprint density at radius 3 is 2.47 bits per heavy atom. The van der Waals surface area contributed by atoms with Crippen molar-refractivity contribution in [3.8, 4) is 0 Å². The number of hydrogen-bond acceptors (Lipinski definition) is 2. The summed E-state index contributed by atoms with van der Waals surface area (Å²) in [5.74, 6) is -0.118. The Labute approximate surface area is 110 Å². The van der Waals surface area contributed by atoms with Crippen molar-refractivity contribution >= 4 is 21.8 Å². The lowest BCUT2D eigenvalue weighted by molar-refractivity contribution is -0.123. The van der Waals surface area contributed by atoms with E-state index in [1.807, 2.05) is 30.3 Å². The van der Waals surface area contributed by atoms with E-state index in [1.54, 1.807) is 13.8 Å². The zero-order chi connectivity index (χ0) is 12.9. The second-order valence-corrected chi connectivity index (χ2v) is 6.50. The number of halogens is 1. The predicted molar refractivity (Wildman–Crippen MR) is 72.2 cm³/mol. The maximum absolute atomic E-state index is 11.8. The molecule has 1 aromatic carbocycles. The number of hydrogen-bond donors (Lipinski definition) is 2. The minimum Gasteiger partial charge on any atom is -0.394 e. The number of carbonyl (C=O) groups is 1.